The Bertz CT molecular complexity index is 639. The molecular weight excluding hydrogens is 270 g/mol. The molecule has 1 aromatic heterocycles. The predicted molar refractivity (Wildman–Crippen MR) is 68.0 cm³/mol. The standard InChI is InChI=1S/C12H12ClN3O3/c1-12(2)17-8-3-6(7(13)4-9(8)18-12)11-15-10(5-14)19-16-11/h3-4H,5,14H2,1-2H3. The normalized spacial score (nSPS) is 15.8. The molecule has 2 heterocycles. The van der Waals surface area contributed by atoms with E-state index in [9.17, 15) is 0 Å². The van der Waals surface area contributed by atoms with Crippen molar-refractivity contribution in [2.24, 2.45) is 5.73 Å². The molecule has 1 aromatic carbocycles. The molecule has 2 aromatic rings. The molecule has 19 heavy (non-hydrogen) atoms. The summed E-state index contributed by atoms with van der Waals surface area (Å²) in [5.41, 5.74) is 6.05. The summed E-state index contributed by atoms with van der Waals surface area (Å²) in [5.74, 6) is 1.22. The van der Waals surface area contributed by atoms with Crippen molar-refractivity contribution in [2.45, 2.75) is 26.2 Å². The van der Waals surface area contributed by atoms with E-state index in [4.69, 9.17) is 31.3 Å². The largest absolute Gasteiger partial charge is 0.449 e. The number of hydrogen-bond acceptors (Lipinski definition) is 6. The molecule has 7 heteroatoms. The molecule has 0 bridgehead atoms. The van der Waals surface area contributed by atoms with Crippen LogP contribution in [0.15, 0.2) is 16.7 Å². The van der Waals surface area contributed by atoms with Gasteiger partial charge in [0.25, 0.3) is 0 Å². The van der Waals surface area contributed by atoms with Gasteiger partial charge in [0.2, 0.25) is 17.5 Å². The maximum atomic E-state index is 6.20. The zero-order chi connectivity index (χ0) is 13.6. The van der Waals surface area contributed by atoms with Gasteiger partial charge in [0.05, 0.1) is 11.6 Å². The molecule has 0 radical (unpaired) electrons. The van der Waals surface area contributed by atoms with Crippen LogP contribution in [0.4, 0.5) is 0 Å². The molecule has 6 nitrogen and oxygen atoms in total. The summed E-state index contributed by atoms with van der Waals surface area (Å²) in [4.78, 5) is 4.14. The summed E-state index contributed by atoms with van der Waals surface area (Å²) >= 11 is 6.20. The van der Waals surface area contributed by atoms with E-state index < -0.39 is 5.79 Å². The van der Waals surface area contributed by atoms with Gasteiger partial charge >= 0.3 is 0 Å². The van der Waals surface area contributed by atoms with Gasteiger partial charge in [-0.3, -0.25) is 0 Å². The number of halogens is 1. The van der Waals surface area contributed by atoms with Gasteiger partial charge in [-0.25, -0.2) is 0 Å². The van der Waals surface area contributed by atoms with Crippen LogP contribution in [0.25, 0.3) is 11.4 Å². The fourth-order valence-corrected chi connectivity index (χ4v) is 2.10. The highest BCUT2D eigenvalue weighted by atomic mass is 35.5. The van der Waals surface area contributed by atoms with Gasteiger partial charge in [0.1, 0.15) is 0 Å². The third-order valence-corrected chi connectivity index (χ3v) is 2.94. The third kappa shape index (κ3) is 2.13. The molecule has 1 aliphatic rings. The van der Waals surface area contributed by atoms with Gasteiger partial charge in [-0.15, -0.1) is 0 Å². The Balaban J connectivity index is 2.05. The van der Waals surface area contributed by atoms with Gasteiger partial charge in [-0.2, -0.15) is 4.98 Å². The molecule has 0 unspecified atom stereocenters. The second-order valence-corrected chi connectivity index (χ2v) is 5.01. The van der Waals surface area contributed by atoms with Crippen LogP contribution in [-0.2, 0) is 6.54 Å². The highest BCUT2D eigenvalue weighted by Crippen LogP contribution is 2.44. The monoisotopic (exact) mass is 281 g/mol. The molecule has 1 aliphatic heterocycles. The first-order chi connectivity index (χ1) is 8.98. The third-order valence-electron chi connectivity index (χ3n) is 2.63. The summed E-state index contributed by atoms with van der Waals surface area (Å²) in [6.07, 6.45) is 0. The number of fused-ring (bicyclic) bond motifs is 1. The molecule has 0 aliphatic carbocycles. The van der Waals surface area contributed by atoms with E-state index in [2.05, 4.69) is 10.1 Å². The van der Waals surface area contributed by atoms with Crippen LogP contribution in [0.1, 0.15) is 19.7 Å². The Kier molecular flexibility index (Phi) is 2.65. The minimum Gasteiger partial charge on any atom is -0.449 e. The molecule has 0 spiro atoms. The van der Waals surface area contributed by atoms with E-state index in [-0.39, 0.29) is 6.54 Å². The quantitative estimate of drug-likeness (QED) is 0.910. The lowest BCUT2D eigenvalue weighted by Crippen LogP contribution is -2.29. The van der Waals surface area contributed by atoms with Crippen molar-refractivity contribution in [1.82, 2.24) is 10.1 Å². The van der Waals surface area contributed by atoms with Gasteiger partial charge < -0.3 is 19.7 Å². The topological polar surface area (TPSA) is 83.4 Å². The summed E-state index contributed by atoms with van der Waals surface area (Å²) in [6, 6.07) is 3.41. The van der Waals surface area contributed by atoms with Crippen molar-refractivity contribution in [2.75, 3.05) is 0 Å². The lowest BCUT2D eigenvalue weighted by Gasteiger charge is -2.16. The van der Waals surface area contributed by atoms with Gasteiger partial charge in [-0.05, 0) is 6.07 Å². The van der Waals surface area contributed by atoms with Crippen LogP contribution in [0.5, 0.6) is 11.5 Å². The predicted octanol–water partition coefficient (Wildman–Crippen LogP) is 2.36. The number of ether oxygens (including phenoxy) is 2. The molecule has 0 fully saturated rings. The highest BCUT2D eigenvalue weighted by Gasteiger charge is 2.33. The Morgan fingerprint density at radius 2 is 1.95 bits per heavy atom. The molecule has 2 N–H and O–H groups in total. The van der Waals surface area contributed by atoms with Crippen molar-refractivity contribution >= 4 is 11.6 Å². The van der Waals surface area contributed by atoms with E-state index >= 15 is 0 Å². The molecule has 100 valence electrons. The number of aromatic nitrogens is 2. The Labute approximate surface area is 114 Å². The first-order valence-electron chi connectivity index (χ1n) is 5.73. The zero-order valence-corrected chi connectivity index (χ0v) is 11.2. The Morgan fingerprint density at radius 3 is 2.58 bits per heavy atom. The fourth-order valence-electron chi connectivity index (χ4n) is 1.86. The summed E-state index contributed by atoms with van der Waals surface area (Å²) in [5, 5.41) is 4.30. The maximum Gasteiger partial charge on any atom is 0.246 e. The number of benzene rings is 1. The summed E-state index contributed by atoms with van der Waals surface area (Å²) in [6.45, 7) is 3.82. The minimum absolute atomic E-state index is 0.183. The van der Waals surface area contributed by atoms with E-state index in [1.54, 1.807) is 12.1 Å². The number of nitrogens with two attached hydrogens (primary N) is 1. The van der Waals surface area contributed by atoms with Crippen LogP contribution in [0.2, 0.25) is 5.02 Å². The van der Waals surface area contributed by atoms with Crippen LogP contribution < -0.4 is 15.2 Å². The van der Waals surface area contributed by atoms with Crippen LogP contribution >= 0.6 is 11.6 Å². The number of rotatable bonds is 2. The highest BCUT2D eigenvalue weighted by molar-refractivity contribution is 6.33. The Morgan fingerprint density at radius 1 is 1.26 bits per heavy atom. The molecule has 0 amide bonds. The lowest BCUT2D eigenvalue weighted by atomic mass is 10.2. The molecule has 0 saturated carbocycles. The van der Waals surface area contributed by atoms with E-state index in [0.29, 0.717) is 33.8 Å². The molecular formula is C12H12ClN3O3. The SMILES string of the molecule is CC1(C)Oc2cc(Cl)c(-c3noc(CN)n3)cc2O1. The van der Waals surface area contributed by atoms with Gasteiger partial charge in [0, 0.05) is 25.5 Å². The van der Waals surface area contributed by atoms with Crippen LogP contribution in [0.3, 0.4) is 0 Å². The Hall–Kier alpha value is -1.79. The first-order valence-corrected chi connectivity index (χ1v) is 6.11. The second-order valence-electron chi connectivity index (χ2n) is 4.60. The second kappa shape index (κ2) is 4.11. The van der Waals surface area contributed by atoms with Crippen molar-refractivity contribution in [3.63, 3.8) is 0 Å². The van der Waals surface area contributed by atoms with Crippen molar-refractivity contribution in [3.05, 3.63) is 23.0 Å². The molecule has 0 saturated heterocycles. The van der Waals surface area contributed by atoms with Gasteiger partial charge in [-0.1, -0.05) is 16.8 Å². The minimum atomic E-state index is -0.704. The van der Waals surface area contributed by atoms with Crippen molar-refractivity contribution < 1.29 is 14.0 Å². The lowest BCUT2D eigenvalue weighted by molar-refractivity contribution is -0.0431. The number of nitrogens with zero attached hydrogens (tertiary/aromatic N) is 2. The first kappa shape index (κ1) is 12.3. The number of hydrogen-bond donors (Lipinski definition) is 1. The van der Waals surface area contributed by atoms with Crippen LogP contribution in [-0.4, -0.2) is 15.9 Å². The maximum absolute atomic E-state index is 6.20. The van der Waals surface area contributed by atoms with Gasteiger partial charge in [0.15, 0.2) is 11.5 Å². The molecule has 0 atom stereocenters. The molecule has 3 rings (SSSR count). The van der Waals surface area contributed by atoms with Crippen molar-refractivity contribution in [1.29, 1.82) is 0 Å². The van der Waals surface area contributed by atoms with Crippen LogP contribution in [0, 0.1) is 0 Å². The zero-order valence-electron chi connectivity index (χ0n) is 10.4. The van der Waals surface area contributed by atoms with Crippen molar-refractivity contribution in [3.8, 4) is 22.9 Å². The summed E-state index contributed by atoms with van der Waals surface area (Å²) < 4.78 is 16.2. The van der Waals surface area contributed by atoms with E-state index in [0.717, 1.165) is 0 Å². The average Bonchev–Trinajstić information content (AvgIpc) is 2.90. The summed E-state index contributed by atoms with van der Waals surface area (Å²) in [7, 11) is 0. The van der Waals surface area contributed by atoms with E-state index in [1.165, 1.54) is 0 Å². The fraction of sp³-hybridized carbons (Fsp3) is 0.333. The average molecular weight is 282 g/mol. The van der Waals surface area contributed by atoms with E-state index in [1.807, 2.05) is 13.8 Å². The smallest absolute Gasteiger partial charge is 0.246 e.